The maximum absolute atomic E-state index is 13.7. The van der Waals surface area contributed by atoms with Gasteiger partial charge in [0.1, 0.15) is 59.1 Å². The Morgan fingerprint density at radius 1 is 0.513 bits per heavy atom. The van der Waals surface area contributed by atoms with Gasteiger partial charge in [0.15, 0.2) is 6.10 Å². The fraction of sp³-hybridized carbons (Fsp3) is 0.946. The fourth-order valence-corrected chi connectivity index (χ4v) is 10.7. The van der Waals surface area contributed by atoms with Crippen LogP contribution in [0.5, 0.6) is 0 Å². The Morgan fingerprint density at radius 2 is 0.855 bits per heavy atom. The Hall–Kier alpha value is -1.22. The topological polar surface area (TPSA) is 206 Å². The van der Waals surface area contributed by atoms with Crippen molar-refractivity contribution in [2.24, 2.45) is 0 Å². The van der Waals surface area contributed by atoms with Gasteiger partial charge in [-0.3, -0.25) is 27.7 Å². The number of hydrogen-bond donors (Lipinski definition) is 2. The number of quaternary nitrogens is 2. The number of phosphoric ester groups is 2. The Bertz CT molecular complexity index is 1510. The lowest BCUT2D eigenvalue weighted by molar-refractivity contribution is -0.916. The number of unbranched alkanes of at least 4 members (excludes halogenated alkanes) is 28. The molecular weight excluding hydrogens is 1040 g/mol. The van der Waals surface area contributed by atoms with Crippen molar-refractivity contribution in [1.82, 2.24) is 0 Å². The Labute approximate surface area is 468 Å². The van der Waals surface area contributed by atoms with Crippen LogP contribution in [0.1, 0.15) is 226 Å². The number of nitriles is 1. The smallest absolute Gasteiger partial charge is 0.462 e. The van der Waals surface area contributed by atoms with Gasteiger partial charge >= 0.3 is 27.6 Å². The summed E-state index contributed by atoms with van der Waals surface area (Å²) in [5, 5.41) is 9.05. The van der Waals surface area contributed by atoms with Gasteiger partial charge in [-0.1, -0.05) is 194 Å². The first-order chi connectivity index (χ1) is 36.2. The van der Waals surface area contributed by atoms with Crippen molar-refractivity contribution in [3.05, 3.63) is 0 Å². The van der Waals surface area contributed by atoms with Crippen LogP contribution in [0, 0.1) is 11.3 Å². The van der Waals surface area contributed by atoms with Gasteiger partial charge in [-0.15, -0.1) is 12.4 Å². The molecule has 2 N–H and O–H groups in total. The monoisotopic (exact) mass is 1150 g/mol. The van der Waals surface area contributed by atoms with E-state index in [9.17, 15) is 18.7 Å². The first kappa shape index (κ1) is 74.8. The van der Waals surface area contributed by atoms with Crippen molar-refractivity contribution in [1.29, 1.82) is 5.26 Å². The molecule has 2 heterocycles. The van der Waals surface area contributed by atoms with Crippen LogP contribution in [-0.4, -0.2) is 150 Å². The summed E-state index contributed by atoms with van der Waals surface area (Å²) in [6.07, 6.45) is 36.9. The number of hydrogen-bond acceptors (Lipinski definition) is 13. The third kappa shape index (κ3) is 46.5. The molecular formula is C56H112ClN3O14P2+2. The summed E-state index contributed by atoms with van der Waals surface area (Å²) in [6, 6.07) is 1.98. The Balaban J connectivity index is 0.00000322. The third-order valence-electron chi connectivity index (χ3n) is 14.5. The molecule has 2 rings (SSSR count). The third-order valence-corrected chi connectivity index (χ3v) is 16.4. The van der Waals surface area contributed by atoms with Crippen LogP contribution in [0.25, 0.3) is 0 Å². The maximum Gasteiger partial charge on any atom is 0.475 e. The largest absolute Gasteiger partial charge is 0.475 e. The van der Waals surface area contributed by atoms with E-state index in [1.165, 1.54) is 154 Å². The van der Waals surface area contributed by atoms with Gasteiger partial charge < -0.3 is 37.7 Å². The average Bonchev–Trinajstić information content (AvgIpc) is 3.37. The van der Waals surface area contributed by atoms with Gasteiger partial charge in [0.25, 0.3) is 0 Å². The van der Waals surface area contributed by atoms with E-state index < -0.39 is 27.7 Å². The summed E-state index contributed by atoms with van der Waals surface area (Å²) in [5.41, 5.74) is 0. The van der Waals surface area contributed by atoms with Gasteiger partial charge in [0, 0.05) is 12.8 Å². The zero-order valence-corrected chi connectivity index (χ0v) is 51.1. The van der Waals surface area contributed by atoms with Crippen LogP contribution < -0.4 is 0 Å². The van der Waals surface area contributed by atoms with Crippen molar-refractivity contribution in [3.8, 4) is 6.07 Å². The highest BCUT2D eigenvalue weighted by atomic mass is 35.5. The van der Waals surface area contributed by atoms with Crippen LogP contribution in [0.4, 0.5) is 0 Å². The summed E-state index contributed by atoms with van der Waals surface area (Å²) in [6.45, 7) is 11.3. The summed E-state index contributed by atoms with van der Waals surface area (Å²) in [7, 11) is -4.29. The quantitative estimate of drug-likeness (QED) is 0.0251. The molecule has 0 aromatic rings. The number of nitrogens with zero attached hydrogens (tertiary/aromatic N) is 3. The molecule has 0 amide bonds. The molecule has 450 valence electrons. The van der Waals surface area contributed by atoms with Crippen molar-refractivity contribution < 1.29 is 74.5 Å². The zero-order valence-electron chi connectivity index (χ0n) is 48.5. The number of carbonyl (C=O) groups is 2. The molecule has 2 fully saturated rings. The van der Waals surface area contributed by atoms with Crippen molar-refractivity contribution >= 4 is 40.0 Å². The van der Waals surface area contributed by atoms with Crippen molar-refractivity contribution in [2.45, 2.75) is 232 Å². The van der Waals surface area contributed by atoms with Crippen LogP contribution in [0.3, 0.4) is 0 Å². The van der Waals surface area contributed by atoms with E-state index in [1.807, 2.05) is 13.1 Å². The minimum atomic E-state index is -4.30. The van der Waals surface area contributed by atoms with E-state index in [0.717, 1.165) is 62.8 Å². The highest BCUT2D eigenvalue weighted by Gasteiger charge is 2.33. The molecule has 0 spiro atoms. The van der Waals surface area contributed by atoms with Gasteiger partial charge in [0.05, 0.1) is 66.2 Å². The summed E-state index contributed by atoms with van der Waals surface area (Å²) in [5.74, 6) is -0.766. The molecule has 76 heavy (non-hydrogen) atoms. The molecule has 0 aliphatic carbocycles. The van der Waals surface area contributed by atoms with E-state index in [0.29, 0.717) is 56.8 Å². The second-order valence-corrected chi connectivity index (χ2v) is 24.5. The molecule has 2 unspecified atom stereocenters. The van der Waals surface area contributed by atoms with Crippen LogP contribution in [0.2, 0.25) is 0 Å². The lowest BCUT2D eigenvalue weighted by atomic mass is 10.0. The summed E-state index contributed by atoms with van der Waals surface area (Å²) in [4.78, 5) is 42.7. The molecule has 2 aliphatic rings. The highest BCUT2D eigenvalue weighted by Crippen LogP contribution is 2.49. The number of halogens is 1. The predicted molar refractivity (Wildman–Crippen MR) is 304 cm³/mol. The maximum atomic E-state index is 13.7. The second-order valence-electron chi connectivity index (χ2n) is 21.6. The molecule has 20 heteroatoms. The van der Waals surface area contributed by atoms with Crippen LogP contribution in [0.15, 0.2) is 0 Å². The number of phosphoric acid groups is 2. The summed E-state index contributed by atoms with van der Waals surface area (Å²) < 4.78 is 68.9. The van der Waals surface area contributed by atoms with E-state index in [2.05, 4.69) is 25.4 Å². The van der Waals surface area contributed by atoms with Gasteiger partial charge in [0.2, 0.25) is 0 Å². The lowest BCUT2D eigenvalue weighted by Gasteiger charge is -2.37. The molecule has 0 aromatic carbocycles. The fourth-order valence-electron chi connectivity index (χ4n) is 9.16. The highest BCUT2D eigenvalue weighted by molar-refractivity contribution is 7.48. The minimum absolute atomic E-state index is 0. The van der Waals surface area contributed by atoms with Crippen LogP contribution in [-0.2, 0) is 55.8 Å². The molecule has 2 aliphatic heterocycles. The first-order valence-corrected chi connectivity index (χ1v) is 32.9. The van der Waals surface area contributed by atoms with Crippen LogP contribution >= 0.6 is 28.1 Å². The zero-order chi connectivity index (χ0) is 55.0. The predicted octanol–water partition coefficient (Wildman–Crippen LogP) is 13.5. The first-order valence-electron chi connectivity index (χ1n) is 30.0. The molecule has 0 saturated carbocycles. The normalized spacial score (nSPS) is 16.3. The molecule has 0 radical (unpaired) electrons. The van der Waals surface area contributed by atoms with Gasteiger partial charge in [-0.25, -0.2) is 9.13 Å². The standard InChI is InChI=1S/C49H94N2O9P.C7H16NO5P.ClH/c1-4-6-8-10-12-14-16-18-20-22-24-26-28-30-32-35-48(52)56-45-47(46-59-61(54,57-41-34-37-50)58-44-40-51(3)38-42-55-43-39-51)60-49(53)36-33-31-29-27-25-23-21-19-17-15-13-11-9-7-5-2;1-8(2-5-12-6-3-8)4-7-13-14(9,10)11;/h47H,4-36,38-46H2,1-3H3;2-7H2,1H3,(H-,9,10,11);1H/q+1;;/p+1. The number of carbonyl (C=O) groups excluding carboxylic acids is 2. The Kier molecular flexibility index (Phi) is 48.8. The summed E-state index contributed by atoms with van der Waals surface area (Å²) >= 11 is 0. The number of likely N-dealkylation sites (N-methyl/N-ethyl adjacent to an activating group) is 2. The van der Waals surface area contributed by atoms with Crippen molar-refractivity contribution in [3.63, 3.8) is 0 Å². The number of morpholine rings is 2. The SMILES string of the molecule is CCCCCCCCCCCCCCCCCC(=O)OCC(COP(=O)(OCCC#N)OCC[N+]1(C)CCOCC1)OC(=O)CCCCCCCCCCCCCCCCC.C[N+]1(CCOP(=O)(O)O)CCOCC1.Cl. The lowest BCUT2D eigenvalue weighted by Crippen LogP contribution is -2.53. The van der Waals surface area contributed by atoms with Gasteiger partial charge in [-0.2, -0.15) is 5.26 Å². The number of rotatable bonds is 49. The van der Waals surface area contributed by atoms with Crippen molar-refractivity contribution in [2.75, 3.05) is 113 Å². The van der Waals surface area contributed by atoms with E-state index in [-0.39, 0.29) is 64.3 Å². The van der Waals surface area contributed by atoms with E-state index >= 15 is 0 Å². The average molecular weight is 1150 g/mol. The van der Waals surface area contributed by atoms with Gasteiger partial charge in [-0.05, 0) is 12.8 Å². The van der Waals surface area contributed by atoms with E-state index in [1.54, 1.807) is 0 Å². The number of esters is 2. The molecule has 0 aromatic heterocycles. The molecule has 17 nitrogen and oxygen atoms in total. The molecule has 2 saturated heterocycles. The second kappa shape index (κ2) is 49.6. The van der Waals surface area contributed by atoms with E-state index in [4.69, 9.17) is 47.6 Å². The molecule has 0 bridgehead atoms. The minimum Gasteiger partial charge on any atom is -0.462 e. The number of ether oxygens (including phenoxy) is 4. The Morgan fingerprint density at radius 3 is 1.22 bits per heavy atom. The molecule has 2 atom stereocenters.